The number of halogens is 2. The number of nitrogens with zero attached hydrogens (tertiary/aromatic N) is 1. The summed E-state index contributed by atoms with van der Waals surface area (Å²) >= 11 is 0. The number of sulfonamides is 1. The lowest BCUT2D eigenvalue weighted by Crippen LogP contribution is -2.33. The molecule has 2 aromatic carbocycles. The smallest absolute Gasteiger partial charge is 0.267 e. The molecule has 0 fully saturated rings. The minimum absolute atomic E-state index is 0.0429. The number of hydrogen-bond acceptors (Lipinski definition) is 3. The predicted molar refractivity (Wildman–Crippen MR) is 79.0 cm³/mol. The van der Waals surface area contributed by atoms with E-state index in [1.165, 1.54) is 0 Å². The van der Waals surface area contributed by atoms with Crippen LogP contribution >= 0.6 is 0 Å². The van der Waals surface area contributed by atoms with Gasteiger partial charge in [0, 0.05) is 13.2 Å². The molecule has 0 aliphatic heterocycles. The Kier molecular flexibility index (Phi) is 5.10. The van der Waals surface area contributed by atoms with Gasteiger partial charge < -0.3 is 5.11 Å². The van der Waals surface area contributed by atoms with Crippen LogP contribution in [0.3, 0.4) is 0 Å². The quantitative estimate of drug-likeness (QED) is 0.887. The van der Waals surface area contributed by atoms with E-state index in [2.05, 4.69) is 0 Å². The van der Waals surface area contributed by atoms with Crippen molar-refractivity contribution in [3.8, 4) is 0 Å². The molecule has 0 saturated carbocycles. The molecule has 0 aromatic heterocycles. The average molecular weight is 327 g/mol. The topological polar surface area (TPSA) is 57.6 Å². The Morgan fingerprint density at radius 3 is 2.32 bits per heavy atom. The Morgan fingerprint density at radius 1 is 1.00 bits per heavy atom. The maximum absolute atomic E-state index is 13.9. The Morgan fingerprint density at radius 2 is 1.68 bits per heavy atom. The number of anilines is 1. The molecule has 0 atom stereocenters. The number of aliphatic hydroxyl groups excluding tert-OH is 1. The Bertz CT molecular complexity index is 736. The molecule has 2 aromatic rings. The first-order valence-corrected chi connectivity index (χ1v) is 8.05. The normalized spacial score (nSPS) is 11.4. The van der Waals surface area contributed by atoms with E-state index in [-0.39, 0.29) is 19.6 Å². The summed E-state index contributed by atoms with van der Waals surface area (Å²) in [7, 11) is -4.27. The van der Waals surface area contributed by atoms with Crippen molar-refractivity contribution >= 4 is 15.7 Å². The number of para-hydroxylation sites is 1. The third-order valence-electron chi connectivity index (χ3n) is 3.05. The van der Waals surface area contributed by atoms with Crippen molar-refractivity contribution in [2.45, 2.75) is 11.3 Å². The summed E-state index contributed by atoms with van der Waals surface area (Å²) in [5, 5.41) is 8.94. The monoisotopic (exact) mass is 327 g/mol. The average Bonchev–Trinajstić information content (AvgIpc) is 2.51. The maximum atomic E-state index is 13.9. The van der Waals surface area contributed by atoms with Gasteiger partial charge in [0.2, 0.25) is 0 Å². The zero-order valence-electron chi connectivity index (χ0n) is 11.6. The van der Waals surface area contributed by atoms with Crippen LogP contribution in [0.4, 0.5) is 14.5 Å². The summed E-state index contributed by atoms with van der Waals surface area (Å²) in [6, 6.07) is 11.1. The fraction of sp³-hybridized carbons (Fsp3) is 0.200. The van der Waals surface area contributed by atoms with Crippen molar-refractivity contribution < 1.29 is 22.3 Å². The van der Waals surface area contributed by atoms with Crippen LogP contribution in [-0.2, 0) is 10.0 Å². The Labute approximate surface area is 127 Å². The number of rotatable bonds is 6. The zero-order valence-corrected chi connectivity index (χ0v) is 12.4. The lowest BCUT2D eigenvalue weighted by Gasteiger charge is -2.24. The second-order valence-corrected chi connectivity index (χ2v) is 6.37. The van der Waals surface area contributed by atoms with Crippen LogP contribution < -0.4 is 4.31 Å². The summed E-state index contributed by atoms with van der Waals surface area (Å²) in [5.74, 6) is -2.64. The fourth-order valence-corrected chi connectivity index (χ4v) is 3.58. The second kappa shape index (κ2) is 6.85. The molecule has 22 heavy (non-hydrogen) atoms. The lowest BCUT2D eigenvalue weighted by molar-refractivity contribution is 0.291. The van der Waals surface area contributed by atoms with Crippen LogP contribution in [0.1, 0.15) is 6.42 Å². The van der Waals surface area contributed by atoms with Crippen molar-refractivity contribution in [2.24, 2.45) is 0 Å². The molecule has 1 N–H and O–H groups in total. The van der Waals surface area contributed by atoms with Gasteiger partial charge >= 0.3 is 0 Å². The third-order valence-corrected chi connectivity index (χ3v) is 4.89. The van der Waals surface area contributed by atoms with E-state index < -0.39 is 26.6 Å². The highest BCUT2D eigenvalue weighted by Crippen LogP contribution is 2.26. The van der Waals surface area contributed by atoms with Crippen molar-refractivity contribution in [3.63, 3.8) is 0 Å². The first-order chi connectivity index (χ1) is 10.5. The zero-order chi connectivity index (χ0) is 16.2. The standard InChI is InChI=1S/C15H15F2NO3S/c16-13-8-4-9-14(15(13)17)22(20,21)18(10-5-11-19)12-6-2-1-3-7-12/h1-4,6-9,19H,5,10-11H2. The highest BCUT2D eigenvalue weighted by molar-refractivity contribution is 7.92. The molecule has 0 spiro atoms. The summed E-state index contributed by atoms with van der Waals surface area (Å²) in [4.78, 5) is -0.728. The minimum atomic E-state index is -4.27. The summed E-state index contributed by atoms with van der Waals surface area (Å²) in [6.07, 6.45) is 0.172. The molecule has 0 aliphatic carbocycles. The molecule has 0 amide bonds. The molecule has 0 bridgehead atoms. The van der Waals surface area contributed by atoms with Crippen molar-refractivity contribution in [1.82, 2.24) is 0 Å². The van der Waals surface area contributed by atoms with Crippen LogP contribution in [-0.4, -0.2) is 26.7 Å². The highest BCUT2D eigenvalue weighted by atomic mass is 32.2. The van der Waals surface area contributed by atoms with Crippen molar-refractivity contribution in [1.29, 1.82) is 0 Å². The molecule has 118 valence electrons. The maximum Gasteiger partial charge on any atom is 0.267 e. The van der Waals surface area contributed by atoms with E-state index in [4.69, 9.17) is 5.11 Å². The SMILES string of the molecule is O=S(=O)(c1cccc(F)c1F)N(CCCO)c1ccccc1. The van der Waals surface area contributed by atoms with Gasteiger partial charge in [-0.05, 0) is 30.7 Å². The summed E-state index contributed by atoms with van der Waals surface area (Å²) < 4.78 is 53.5. The number of hydrogen-bond donors (Lipinski definition) is 1. The van der Waals surface area contributed by atoms with Gasteiger partial charge in [-0.15, -0.1) is 0 Å². The molecule has 0 heterocycles. The summed E-state index contributed by atoms with van der Waals surface area (Å²) in [6.45, 7) is -0.261. The van der Waals surface area contributed by atoms with Crippen LogP contribution in [0.15, 0.2) is 53.4 Å². The van der Waals surface area contributed by atoms with Gasteiger partial charge in [0.1, 0.15) is 4.90 Å². The van der Waals surface area contributed by atoms with Gasteiger partial charge in [-0.3, -0.25) is 4.31 Å². The molecular weight excluding hydrogens is 312 g/mol. The van der Waals surface area contributed by atoms with Crippen LogP contribution in [0.2, 0.25) is 0 Å². The minimum Gasteiger partial charge on any atom is -0.396 e. The number of benzene rings is 2. The van der Waals surface area contributed by atoms with Gasteiger partial charge in [-0.2, -0.15) is 0 Å². The molecule has 7 heteroatoms. The van der Waals surface area contributed by atoms with Gasteiger partial charge in [-0.25, -0.2) is 17.2 Å². The largest absolute Gasteiger partial charge is 0.396 e. The molecule has 0 unspecified atom stereocenters. The van der Waals surface area contributed by atoms with Crippen LogP contribution in [0.25, 0.3) is 0 Å². The fourth-order valence-electron chi connectivity index (χ4n) is 2.00. The molecule has 0 saturated heterocycles. The van der Waals surface area contributed by atoms with Crippen molar-refractivity contribution in [3.05, 3.63) is 60.2 Å². The Hall–Kier alpha value is -1.99. The molecule has 4 nitrogen and oxygen atoms in total. The van der Waals surface area contributed by atoms with E-state index in [0.717, 1.165) is 22.5 Å². The number of aliphatic hydroxyl groups is 1. The molecule has 2 rings (SSSR count). The highest BCUT2D eigenvalue weighted by Gasteiger charge is 2.28. The predicted octanol–water partition coefficient (Wildman–Crippen LogP) is 2.54. The first-order valence-electron chi connectivity index (χ1n) is 6.61. The second-order valence-electron chi connectivity index (χ2n) is 4.54. The van der Waals surface area contributed by atoms with Gasteiger partial charge in [-0.1, -0.05) is 24.3 Å². The van der Waals surface area contributed by atoms with E-state index in [1.54, 1.807) is 30.3 Å². The third kappa shape index (κ3) is 3.26. The van der Waals surface area contributed by atoms with Gasteiger partial charge in [0.05, 0.1) is 5.69 Å². The van der Waals surface area contributed by atoms with Crippen molar-refractivity contribution in [2.75, 3.05) is 17.5 Å². The van der Waals surface area contributed by atoms with Gasteiger partial charge in [0.25, 0.3) is 10.0 Å². The lowest BCUT2D eigenvalue weighted by atomic mass is 10.3. The van der Waals surface area contributed by atoms with E-state index >= 15 is 0 Å². The van der Waals surface area contributed by atoms with E-state index in [1.807, 2.05) is 0 Å². The first kappa shape index (κ1) is 16.4. The van der Waals surface area contributed by atoms with Crippen LogP contribution in [0, 0.1) is 11.6 Å². The molecular formula is C15H15F2NO3S. The van der Waals surface area contributed by atoms with E-state index in [9.17, 15) is 17.2 Å². The van der Waals surface area contributed by atoms with Gasteiger partial charge in [0.15, 0.2) is 11.6 Å². The molecule has 0 aliphatic rings. The van der Waals surface area contributed by atoms with E-state index in [0.29, 0.717) is 5.69 Å². The Balaban J connectivity index is 2.52. The molecule has 0 radical (unpaired) electrons. The van der Waals surface area contributed by atoms with Crippen LogP contribution in [0.5, 0.6) is 0 Å². The summed E-state index contributed by atoms with van der Waals surface area (Å²) in [5.41, 5.74) is 0.319.